The molecule has 3 heteroatoms. The quantitative estimate of drug-likeness (QED) is 0.463. The largest absolute Gasteiger partial charge is 0.398 e. The van der Waals surface area contributed by atoms with E-state index in [-0.39, 0.29) is 5.69 Å². The number of nitrogen functional groups attached to an aromatic ring is 1. The van der Waals surface area contributed by atoms with Crippen LogP contribution in [0.1, 0.15) is 12.5 Å². The number of hydrogen-bond acceptors (Lipinski definition) is 1. The van der Waals surface area contributed by atoms with Gasteiger partial charge in [-0.1, -0.05) is 5.92 Å². The summed E-state index contributed by atoms with van der Waals surface area (Å²) in [6.45, 7) is 1.60. The highest BCUT2D eigenvalue weighted by atomic mass is 19.2. The van der Waals surface area contributed by atoms with E-state index in [9.17, 15) is 8.78 Å². The molecular formula is C9H7F2N. The van der Waals surface area contributed by atoms with Gasteiger partial charge in [0.15, 0.2) is 11.6 Å². The summed E-state index contributed by atoms with van der Waals surface area (Å²) in [6.07, 6.45) is 0. The van der Waals surface area contributed by atoms with Crippen LogP contribution in [0.2, 0.25) is 0 Å². The maximum absolute atomic E-state index is 12.6. The van der Waals surface area contributed by atoms with Crippen molar-refractivity contribution >= 4 is 5.69 Å². The van der Waals surface area contributed by atoms with Gasteiger partial charge in [-0.3, -0.25) is 0 Å². The van der Waals surface area contributed by atoms with Crippen LogP contribution in [0.4, 0.5) is 14.5 Å². The average Bonchev–Trinajstić information content (AvgIpc) is 2.01. The van der Waals surface area contributed by atoms with Crippen molar-refractivity contribution < 1.29 is 8.78 Å². The lowest BCUT2D eigenvalue weighted by Crippen LogP contribution is -1.94. The van der Waals surface area contributed by atoms with E-state index in [1.54, 1.807) is 6.92 Å². The summed E-state index contributed by atoms with van der Waals surface area (Å²) in [6, 6.07) is 1.91. The van der Waals surface area contributed by atoms with Crippen LogP contribution in [0.25, 0.3) is 0 Å². The number of halogens is 2. The smallest absolute Gasteiger partial charge is 0.160 e. The van der Waals surface area contributed by atoms with Crippen LogP contribution in [0.15, 0.2) is 12.1 Å². The van der Waals surface area contributed by atoms with Crippen molar-refractivity contribution in [1.82, 2.24) is 0 Å². The van der Waals surface area contributed by atoms with Crippen LogP contribution >= 0.6 is 0 Å². The third-order valence-corrected chi connectivity index (χ3v) is 1.35. The molecule has 2 N–H and O–H groups in total. The molecule has 62 valence electrons. The standard InChI is InChI=1S/C9H7F2N/c1-2-3-6-4-7(10)8(11)5-9(6)12/h4-5H,12H2,1H3. The fraction of sp³-hybridized carbons (Fsp3) is 0.111. The minimum atomic E-state index is -0.950. The predicted octanol–water partition coefficient (Wildman–Crippen LogP) is 1.92. The molecule has 1 rings (SSSR count). The fourth-order valence-corrected chi connectivity index (χ4v) is 0.805. The molecule has 12 heavy (non-hydrogen) atoms. The van der Waals surface area contributed by atoms with Crippen LogP contribution < -0.4 is 5.73 Å². The van der Waals surface area contributed by atoms with Gasteiger partial charge in [0.05, 0.1) is 11.3 Å². The van der Waals surface area contributed by atoms with Crippen LogP contribution in [0, 0.1) is 23.5 Å². The third kappa shape index (κ3) is 1.54. The normalized spacial score (nSPS) is 8.92. The van der Waals surface area contributed by atoms with Gasteiger partial charge < -0.3 is 5.73 Å². The minimum Gasteiger partial charge on any atom is -0.398 e. The van der Waals surface area contributed by atoms with E-state index in [1.165, 1.54) is 0 Å². The van der Waals surface area contributed by atoms with Crippen molar-refractivity contribution in [2.45, 2.75) is 6.92 Å². The monoisotopic (exact) mass is 167 g/mol. The molecule has 0 radical (unpaired) electrons. The minimum absolute atomic E-state index is 0.156. The first-order chi connectivity index (χ1) is 5.65. The lowest BCUT2D eigenvalue weighted by Gasteiger charge is -1.98. The SMILES string of the molecule is CC#Cc1cc(F)c(F)cc1N. The molecule has 1 nitrogen and oxygen atoms in total. The molecule has 0 heterocycles. The molecule has 0 fully saturated rings. The molecule has 0 spiro atoms. The van der Waals surface area contributed by atoms with Crippen molar-refractivity contribution in [3.05, 3.63) is 29.3 Å². The van der Waals surface area contributed by atoms with Crippen molar-refractivity contribution in [3.8, 4) is 11.8 Å². The molecule has 0 unspecified atom stereocenters. The highest BCUT2D eigenvalue weighted by molar-refractivity contribution is 5.55. The van der Waals surface area contributed by atoms with Gasteiger partial charge in [-0.05, 0) is 13.0 Å². The zero-order valence-corrected chi connectivity index (χ0v) is 6.49. The molecule has 0 aromatic heterocycles. The first-order valence-corrected chi connectivity index (χ1v) is 3.32. The molecule has 1 aromatic rings. The summed E-state index contributed by atoms with van der Waals surface area (Å²) in [5.41, 5.74) is 5.84. The Morgan fingerprint density at radius 3 is 2.42 bits per heavy atom. The Bertz CT molecular complexity index is 361. The molecule has 0 atom stereocenters. The van der Waals surface area contributed by atoms with Crippen molar-refractivity contribution in [3.63, 3.8) is 0 Å². The van der Waals surface area contributed by atoms with E-state index < -0.39 is 11.6 Å². The van der Waals surface area contributed by atoms with E-state index in [1.807, 2.05) is 0 Å². The van der Waals surface area contributed by atoms with Crippen molar-refractivity contribution in [2.75, 3.05) is 5.73 Å². The van der Waals surface area contributed by atoms with Gasteiger partial charge >= 0.3 is 0 Å². The summed E-state index contributed by atoms with van der Waals surface area (Å²) >= 11 is 0. The van der Waals surface area contributed by atoms with Gasteiger partial charge in [0.1, 0.15) is 0 Å². The van der Waals surface area contributed by atoms with Crippen molar-refractivity contribution in [1.29, 1.82) is 0 Å². The molecule has 0 aliphatic rings. The van der Waals surface area contributed by atoms with Gasteiger partial charge in [0.25, 0.3) is 0 Å². The highest BCUT2D eigenvalue weighted by Gasteiger charge is 2.04. The Morgan fingerprint density at radius 2 is 1.83 bits per heavy atom. The Balaban J connectivity index is 3.29. The number of hydrogen-bond donors (Lipinski definition) is 1. The average molecular weight is 167 g/mol. The topological polar surface area (TPSA) is 26.0 Å². The van der Waals surface area contributed by atoms with E-state index in [4.69, 9.17) is 5.73 Å². The summed E-state index contributed by atoms with van der Waals surface area (Å²) in [5.74, 6) is 3.24. The Morgan fingerprint density at radius 1 is 1.25 bits per heavy atom. The van der Waals surface area contributed by atoms with Gasteiger partial charge in [-0.2, -0.15) is 0 Å². The predicted molar refractivity (Wildman–Crippen MR) is 43.3 cm³/mol. The molecule has 0 amide bonds. The number of rotatable bonds is 0. The van der Waals surface area contributed by atoms with Crippen LogP contribution in [0.3, 0.4) is 0 Å². The van der Waals surface area contributed by atoms with Crippen molar-refractivity contribution in [2.24, 2.45) is 0 Å². The van der Waals surface area contributed by atoms with E-state index >= 15 is 0 Å². The first-order valence-electron chi connectivity index (χ1n) is 3.32. The summed E-state index contributed by atoms with van der Waals surface area (Å²) in [4.78, 5) is 0. The molecule has 0 saturated heterocycles. The lowest BCUT2D eigenvalue weighted by atomic mass is 10.2. The van der Waals surface area contributed by atoms with E-state index in [0.29, 0.717) is 5.56 Å². The fourth-order valence-electron chi connectivity index (χ4n) is 0.805. The van der Waals surface area contributed by atoms with Gasteiger partial charge in [0, 0.05) is 6.07 Å². The Labute approximate surface area is 69.2 Å². The first kappa shape index (κ1) is 8.54. The van der Waals surface area contributed by atoms with Crippen LogP contribution in [0.5, 0.6) is 0 Å². The molecule has 0 aliphatic heterocycles. The second-order valence-electron chi connectivity index (χ2n) is 2.23. The molecule has 0 bridgehead atoms. The zero-order valence-electron chi connectivity index (χ0n) is 6.49. The van der Waals surface area contributed by atoms with E-state index in [0.717, 1.165) is 12.1 Å². The molecular weight excluding hydrogens is 160 g/mol. The molecule has 1 aromatic carbocycles. The number of nitrogens with two attached hydrogens (primary N) is 1. The lowest BCUT2D eigenvalue weighted by molar-refractivity contribution is 0.509. The zero-order chi connectivity index (χ0) is 9.14. The number of anilines is 1. The summed E-state index contributed by atoms with van der Waals surface area (Å²) < 4.78 is 25.1. The van der Waals surface area contributed by atoms with Gasteiger partial charge in [-0.15, -0.1) is 5.92 Å². The summed E-state index contributed by atoms with van der Waals surface area (Å²) in [5, 5.41) is 0. The van der Waals surface area contributed by atoms with E-state index in [2.05, 4.69) is 11.8 Å². The third-order valence-electron chi connectivity index (χ3n) is 1.35. The maximum atomic E-state index is 12.6. The molecule has 0 saturated carbocycles. The number of benzene rings is 1. The van der Waals surface area contributed by atoms with Crippen LogP contribution in [-0.4, -0.2) is 0 Å². The second kappa shape index (κ2) is 3.22. The molecule has 0 aliphatic carbocycles. The Kier molecular flexibility index (Phi) is 2.29. The summed E-state index contributed by atoms with van der Waals surface area (Å²) in [7, 11) is 0. The Hall–Kier alpha value is -1.56. The van der Waals surface area contributed by atoms with Crippen LogP contribution in [-0.2, 0) is 0 Å². The van der Waals surface area contributed by atoms with Gasteiger partial charge in [-0.25, -0.2) is 8.78 Å². The maximum Gasteiger partial charge on any atom is 0.160 e. The second-order valence-corrected chi connectivity index (χ2v) is 2.23. The van der Waals surface area contributed by atoms with Gasteiger partial charge in [0.2, 0.25) is 0 Å². The highest BCUT2D eigenvalue weighted by Crippen LogP contribution is 2.15.